The number of thioether (sulfide) groups is 1. The van der Waals surface area contributed by atoms with E-state index in [4.69, 9.17) is 0 Å². The van der Waals surface area contributed by atoms with Gasteiger partial charge in [-0.2, -0.15) is 11.8 Å². The van der Waals surface area contributed by atoms with Crippen LogP contribution in [0.1, 0.15) is 51.9 Å². The monoisotopic (exact) mass is 313 g/mol. The highest BCUT2D eigenvalue weighted by atomic mass is 32.2. The van der Waals surface area contributed by atoms with Gasteiger partial charge in [0, 0.05) is 17.8 Å². The highest BCUT2D eigenvalue weighted by Crippen LogP contribution is 2.28. The maximum Gasteiger partial charge on any atom is 0.315 e. The first kappa shape index (κ1) is 16.5. The first-order valence-corrected chi connectivity index (χ1v) is 9.22. The van der Waals surface area contributed by atoms with Gasteiger partial charge in [0.25, 0.3) is 0 Å². The van der Waals surface area contributed by atoms with Crippen molar-refractivity contribution in [3.8, 4) is 0 Å². The van der Waals surface area contributed by atoms with Crippen molar-refractivity contribution in [1.82, 2.24) is 16.0 Å². The lowest BCUT2D eigenvalue weighted by Crippen LogP contribution is -2.53. The summed E-state index contributed by atoms with van der Waals surface area (Å²) < 4.78 is 0. The van der Waals surface area contributed by atoms with Crippen LogP contribution in [0.25, 0.3) is 0 Å². The molecular formula is C15H27N3O2S. The number of amides is 3. The lowest BCUT2D eigenvalue weighted by atomic mass is 9.95. The summed E-state index contributed by atoms with van der Waals surface area (Å²) in [5.74, 6) is 1.03. The highest BCUT2D eigenvalue weighted by Gasteiger charge is 2.28. The predicted molar refractivity (Wildman–Crippen MR) is 86.5 cm³/mol. The molecule has 3 N–H and O–H groups in total. The Morgan fingerprint density at radius 2 is 1.95 bits per heavy atom. The van der Waals surface area contributed by atoms with Crippen LogP contribution in [0.5, 0.6) is 0 Å². The van der Waals surface area contributed by atoms with Crippen molar-refractivity contribution in [3.05, 3.63) is 0 Å². The van der Waals surface area contributed by atoms with E-state index in [-0.39, 0.29) is 24.0 Å². The average molecular weight is 313 g/mol. The zero-order chi connectivity index (χ0) is 15.1. The third kappa shape index (κ3) is 5.09. The summed E-state index contributed by atoms with van der Waals surface area (Å²) in [6.07, 6.45) is 7.34. The molecule has 1 aliphatic heterocycles. The van der Waals surface area contributed by atoms with Gasteiger partial charge in [-0.1, -0.05) is 19.8 Å². The van der Waals surface area contributed by atoms with E-state index in [1.54, 1.807) is 0 Å². The quantitative estimate of drug-likeness (QED) is 0.743. The molecule has 2 fully saturated rings. The van der Waals surface area contributed by atoms with E-state index in [1.165, 1.54) is 19.3 Å². The molecular weight excluding hydrogens is 286 g/mol. The van der Waals surface area contributed by atoms with Crippen molar-refractivity contribution >= 4 is 23.7 Å². The van der Waals surface area contributed by atoms with Crippen LogP contribution in [0.3, 0.4) is 0 Å². The van der Waals surface area contributed by atoms with Crippen molar-refractivity contribution in [1.29, 1.82) is 0 Å². The molecule has 0 aromatic carbocycles. The van der Waals surface area contributed by atoms with Crippen molar-refractivity contribution in [2.24, 2.45) is 0 Å². The summed E-state index contributed by atoms with van der Waals surface area (Å²) in [6, 6.07) is -0.337. The minimum absolute atomic E-state index is 0.0502. The Bertz CT molecular complexity index is 363. The summed E-state index contributed by atoms with van der Waals surface area (Å²) >= 11 is 1.93. The standard InChI is InChI=1S/C15H27N3O2S/c1-2-21-13-9-4-3-7-11(13)17-15(20)18-12-8-5-6-10-16-14(12)19/h11-13H,2-10H2,1H3,(H,16,19)(H2,17,18,20)/t11-,12-,13-/m1/s1. The Morgan fingerprint density at radius 3 is 2.76 bits per heavy atom. The molecule has 1 heterocycles. The summed E-state index contributed by atoms with van der Waals surface area (Å²) in [5.41, 5.74) is 0. The third-order valence-corrected chi connectivity index (χ3v) is 5.57. The largest absolute Gasteiger partial charge is 0.354 e. The van der Waals surface area contributed by atoms with Crippen LogP contribution >= 0.6 is 11.8 Å². The van der Waals surface area contributed by atoms with Crippen molar-refractivity contribution in [2.45, 2.75) is 69.2 Å². The van der Waals surface area contributed by atoms with Crippen molar-refractivity contribution in [3.63, 3.8) is 0 Å². The molecule has 5 nitrogen and oxygen atoms in total. The summed E-state index contributed by atoms with van der Waals surface area (Å²) in [6.45, 7) is 2.88. The Labute approximate surface area is 131 Å². The molecule has 1 saturated carbocycles. The average Bonchev–Trinajstić information content (AvgIpc) is 2.67. The minimum Gasteiger partial charge on any atom is -0.354 e. The normalized spacial score (nSPS) is 30.1. The van der Waals surface area contributed by atoms with Gasteiger partial charge < -0.3 is 16.0 Å². The number of urea groups is 1. The highest BCUT2D eigenvalue weighted by molar-refractivity contribution is 7.99. The van der Waals surface area contributed by atoms with Crippen molar-refractivity contribution in [2.75, 3.05) is 12.3 Å². The van der Waals surface area contributed by atoms with Gasteiger partial charge in [-0.15, -0.1) is 0 Å². The molecule has 2 aliphatic rings. The van der Waals surface area contributed by atoms with Crippen LogP contribution in [0.4, 0.5) is 4.79 Å². The van der Waals surface area contributed by atoms with E-state index in [1.807, 2.05) is 11.8 Å². The van der Waals surface area contributed by atoms with Gasteiger partial charge in [0.2, 0.25) is 5.91 Å². The lowest BCUT2D eigenvalue weighted by molar-refractivity contribution is -0.122. The second-order valence-corrected chi connectivity index (χ2v) is 7.36. The van der Waals surface area contributed by atoms with Gasteiger partial charge in [0.15, 0.2) is 0 Å². The molecule has 2 rings (SSSR count). The molecule has 0 aromatic rings. The number of nitrogens with one attached hydrogen (secondary N) is 3. The molecule has 21 heavy (non-hydrogen) atoms. The number of carbonyl (C=O) groups is 2. The molecule has 0 unspecified atom stereocenters. The van der Waals surface area contributed by atoms with Crippen LogP contribution in [0, 0.1) is 0 Å². The Kier molecular flexibility index (Phi) is 6.67. The van der Waals surface area contributed by atoms with Crippen LogP contribution in [-0.2, 0) is 4.79 Å². The summed E-state index contributed by atoms with van der Waals surface area (Å²) in [7, 11) is 0. The predicted octanol–water partition coefficient (Wildman–Crippen LogP) is 2.02. The topological polar surface area (TPSA) is 70.2 Å². The smallest absolute Gasteiger partial charge is 0.315 e. The van der Waals surface area contributed by atoms with Gasteiger partial charge in [-0.25, -0.2) is 4.79 Å². The van der Waals surface area contributed by atoms with Crippen LogP contribution in [0.15, 0.2) is 0 Å². The minimum atomic E-state index is -0.381. The maximum atomic E-state index is 12.2. The zero-order valence-electron chi connectivity index (χ0n) is 12.8. The second-order valence-electron chi connectivity index (χ2n) is 5.84. The molecule has 0 radical (unpaired) electrons. The molecule has 120 valence electrons. The lowest BCUT2D eigenvalue weighted by Gasteiger charge is -2.32. The molecule has 3 atom stereocenters. The molecule has 6 heteroatoms. The zero-order valence-corrected chi connectivity index (χ0v) is 13.6. The Morgan fingerprint density at radius 1 is 1.19 bits per heavy atom. The molecule has 0 aromatic heterocycles. The van der Waals surface area contributed by atoms with E-state index in [0.29, 0.717) is 5.25 Å². The molecule has 3 amide bonds. The number of rotatable bonds is 4. The fourth-order valence-electron chi connectivity index (χ4n) is 3.12. The van der Waals surface area contributed by atoms with Crippen LogP contribution in [-0.4, -0.2) is 41.6 Å². The first-order valence-electron chi connectivity index (χ1n) is 8.17. The molecule has 0 spiro atoms. The fraction of sp³-hybridized carbons (Fsp3) is 0.867. The van der Waals surface area contributed by atoms with Gasteiger partial charge >= 0.3 is 6.03 Å². The number of hydrogen-bond acceptors (Lipinski definition) is 3. The van der Waals surface area contributed by atoms with Crippen LogP contribution in [0.2, 0.25) is 0 Å². The maximum absolute atomic E-state index is 12.2. The molecule has 1 saturated heterocycles. The third-order valence-electron chi connectivity index (χ3n) is 4.24. The molecule has 0 bridgehead atoms. The van der Waals surface area contributed by atoms with Gasteiger partial charge in [0.05, 0.1) is 0 Å². The van der Waals surface area contributed by atoms with Gasteiger partial charge in [-0.05, 0) is 37.9 Å². The number of carbonyl (C=O) groups excluding carboxylic acids is 2. The van der Waals surface area contributed by atoms with Gasteiger partial charge in [0.1, 0.15) is 6.04 Å². The van der Waals surface area contributed by atoms with Gasteiger partial charge in [-0.3, -0.25) is 4.79 Å². The summed E-state index contributed by atoms with van der Waals surface area (Å²) in [4.78, 5) is 24.0. The number of hydrogen-bond donors (Lipinski definition) is 3. The molecule has 1 aliphatic carbocycles. The van der Waals surface area contributed by atoms with Crippen LogP contribution < -0.4 is 16.0 Å². The first-order chi connectivity index (χ1) is 10.2. The van der Waals surface area contributed by atoms with E-state index in [2.05, 4.69) is 22.9 Å². The van der Waals surface area contributed by atoms with E-state index >= 15 is 0 Å². The fourth-order valence-corrected chi connectivity index (χ4v) is 4.32. The van der Waals surface area contributed by atoms with E-state index in [0.717, 1.165) is 38.0 Å². The Balaban J connectivity index is 1.83. The van der Waals surface area contributed by atoms with E-state index in [9.17, 15) is 9.59 Å². The van der Waals surface area contributed by atoms with Crippen molar-refractivity contribution < 1.29 is 9.59 Å². The SMILES string of the molecule is CCS[C@@H]1CCCC[C@H]1NC(=O)N[C@@H]1CCCCNC1=O. The van der Waals surface area contributed by atoms with E-state index < -0.39 is 0 Å². The Hall–Kier alpha value is -0.910. The second kappa shape index (κ2) is 8.51. The summed E-state index contributed by atoms with van der Waals surface area (Å²) in [5, 5.41) is 9.30.